The monoisotopic (exact) mass is 328 g/mol. The fourth-order valence-electron chi connectivity index (χ4n) is 2.89. The minimum absolute atomic E-state index is 0.0432. The molecule has 0 aliphatic carbocycles. The molecule has 124 valence electrons. The van der Waals surface area contributed by atoms with Gasteiger partial charge in [-0.3, -0.25) is 0 Å². The summed E-state index contributed by atoms with van der Waals surface area (Å²) in [5.74, 6) is -1.77. The van der Waals surface area contributed by atoms with E-state index in [0.29, 0.717) is 5.69 Å². The molecule has 0 unspecified atom stereocenters. The van der Waals surface area contributed by atoms with Gasteiger partial charge < -0.3 is 18.6 Å². The van der Waals surface area contributed by atoms with Gasteiger partial charge in [0.2, 0.25) is 0 Å². The number of methoxy groups -OCH3 is 2. The maximum Gasteiger partial charge on any atom is 0.377 e. The summed E-state index contributed by atoms with van der Waals surface area (Å²) in [6.07, 6.45) is 0. The number of aryl methyl sites for hydroxylation is 2. The molecule has 0 radical (unpaired) electrons. The van der Waals surface area contributed by atoms with Crippen molar-refractivity contribution in [1.29, 1.82) is 0 Å². The van der Waals surface area contributed by atoms with E-state index < -0.39 is 11.9 Å². The third-order valence-electron chi connectivity index (χ3n) is 4.04. The third-order valence-corrected chi connectivity index (χ3v) is 4.04. The van der Waals surface area contributed by atoms with Crippen molar-refractivity contribution in [3.05, 3.63) is 41.2 Å². The maximum absolute atomic E-state index is 12.2. The Bertz CT molecular complexity index is 912. The molecule has 0 amide bonds. The van der Waals surface area contributed by atoms with Crippen LogP contribution in [0.2, 0.25) is 0 Å². The number of fused-ring (bicyclic) bond motifs is 1. The Morgan fingerprint density at radius 2 is 1.79 bits per heavy atom. The molecule has 2 aromatic heterocycles. The van der Waals surface area contributed by atoms with Crippen LogP contribution in [0.4, 0.5) is 0 Å². The average Bonchev–Trinajstić information content (AvgIpc) is 3.14. The number of aromatic nitrogens is 2. The lowest BCUT2D eigenvalue weighted by Gasteiger charge is -2.05. The van der Waals surface area contributed by atoms with E-state index in [0.717, 1.165) is 16.5 Å². The van der Waals surface area contributed by atoms with E-state index in [1.807, 2.05) is 42.8 Å². The van der Waals surface area contributed by atoms with Crippen molar-refractivity contribution in [2.24, 2.45) is 7.05 Å². The number of hydrogen-bond acceptors (Lipinski definition) is 6. The second-order valence-electron chi connectivity index (χ2n) is 5.27. The molecule has 0 saturated carbocycles. The Labute approximate surface area is 137 Å². The van der Waals surface area contributed by atoms with Crippen LogP contribution in [0.25, 0.3) is 22.3 Å². The number of carbonyl (C=O) groups is 2. The minimum atomic E-state index is -0.787. The highest BCUT2D eigenvalue weighted by Gasteiger charge is 2.32. The molecule has 2 heterocycles. The fourth-order valence-corrected chi connectivity index (χ4v) is 2.89. The number of benzene rings is 1. The van der Waals surface area contributed by atoms with Crippen LogP contribution in [0.15, 0.2) is 28.8 Å². The zero-order valence-corrected chi connectivity index (χ0v) is 13.7. The number of carbonyl (C=O) groups excluding carboxylic acids is 2. The lowest BCUT2D eigenvalue weighted by Crippen LogP contribution is -2.11. The SMILES string of the molecule is COC(=O)c1onc(-c2c(C)c3ccccc3n2C)c1C(=O)OC. The lowest BCUT2D eigenvalue weighted by molar-refractivity contribution is 0.0521. The van der Waals surface area contributed by atoms with Crippen molar-refractivity contribution in [2.75, 3.05) is 14.2 Å². The number of rotatable bonds is 3. The normalized spacial score (nSPS) is 10.8. The molecule has 0 aliphatic rings. The quantitative estimate of drug-likeness (QED) is 0.687. The van der Waals surface area contributed by atoms with Gasteiger partial charge in [-0.1, -0.05) is 23.4 Å². The van der Waals surface area contributed by atoms with Crippen LogP contribution in [-0.2, 0) is 16.5 Å². The Hall–Kier alpha value is -3.09. The molecule has 7 heteroatoms. The highest BCUT2D eigenvalue weighted by molar-refractivity contribution is 6.06. The van der Waals surface area contributed by atoms with E-state index >= 15 is 0 Å². The molecule has 0 bridgehead atoms. The number of ether oxygens (including phenoxy) is 2. The maximum atomic E-state index is 12.2. The first kappa shape index (κ1) is 15.8. The van der Waals surface area contributed by atoms with E-state index in [1.165, 1.54) is 14.2 Å². The topological polar surface area (TPSA) is 83.6 Å². The van der Waals surface area contributed by atoms with Gasteiger partial charge in [0, 0.05) is 18.0 Å². The van der Waals surface area contributed by atoms with Gasteiger partial charge in [-0.05, 0) is 18.6 Å². The zero-order valence-electron chi connectivity index (χ0n) is 13.7. The van der Waals surface area contributed by atoms with Crippen molar-refractivity contribution < 1.29 is 23.6 Å². The van der Waals surface area contributed by atoms with Gasteiger partial charge in [0.25, 0.3) is 5.76 Å². The highest BCUT2D eigenvalue weighted by Crippen LogP contribution is 2.35. The first-order valence-corrected chi connectivity index (χ1v) is 7.22. The first-order chi connectivity index (χ1) is 11.5. The Kier molecular flexibility index (Phi) is 3.84. The van der Waals surface area contributed by atoms with E-state index in [2.05, 4.69) is 9.89 Å². The number of nitrogens with zero attached hydrogens (tertiary/aromatic N) is 2. The van der Waals surface area contributed by atoms with Crippen LogP contribution in [-0.4, -0.2) is 35.9 Å². The molecule has 0 spiro atoms. The minimum Gasteiger partial charge on any atom is -0.465 e. The van der Waals surface area contributed by atoms with Crippen molar-refractivity contribution in [3.63, 3.8) is 0 Å². The van der Waals surface area contributed by atoms with Gasteiger partial charge in [0.1, 0.15) is 11.3 Å². The van der Waals surface area contributed by atoms with Gasteiger partial charge in [0.15, 0.2) is 0 Å². The molecule has 1 aromatic carbocycles. The van der Waals surface area contributed by atoms with Crippen LogP contribution < -0.4 is 0 Å². The summed E-state index contributed by atoms with van der Waals surface area (Å²) in [5, 5.41) is 4.97. The van der Waals surface area contributed by atoms with Gasteiger partial charge >= 0.3 is 11.9 Å². The van der Waals surface area contributed by atoms with Crippen LogP contribution in [0.3, 0.4) is 0 Å². The smallest absolute Gasteiger partial charge is 0.377 e. The molecule has 0 saturated heterocycles. The zero-order chi connectivity index (χ0) is 17.4. The van der Waals surface area contributed by atoms with Crippen LogP contribution in [0.1, 0.15) is 26.5 Å². The summed E-state index contributed by atoms with van der Waals surface area (Å²) in [7, 11) is 4.29. The van der Waals surface area contributed by atoms with Crippen molar-refractivity contribution in [2.45, 2.75) is 6.92 Å². The summed E-state index contributed by atoms with van der Waals surface area (Å²) in [5.41, 5.74) is 2.78. The largest absolute Gasteiger partial charge is 0.465 e. The molecule has 7 nitrogen and oxygen atoms in total. The predicted octanol–water partition coefficient (Wildman–Crippen LogP) is 2.71. The predicted molar refractivity (Wildman–Crippen MR) is 85.8 cm³/mol. The number of hydrogen-bond donors (Lipinski definition) is 0. The third kappa shape index (κ3) is 2.17. The van der Waals surface area contributed by atoms with Gasteiger partial charge in [-0.2, -0.15) is 0 Å². The molecule has 0 aliphatic heterocycles. The summed E-state index contributed by atoms with van der Waals surface area (Å²) < 4.78 is 16.4. The molecule has 0 N–H and O–H groups in total. The lowest BCUT2D eigenvalue weighted by atomic mass is 10.1. The standard InChI is InChI=1S/C17H16N2O5/c1-9-10-7-5-6-8-11(10)19(2)14(9)13-12(16(20)22-3)15(24-18-13)17(21)23-4/h5-8H,1-4H3. The van der Waals surface area contributed by atoms with Gasteiger partial charge in [0.05, 0.1) is 19.9 Å². The van der Waals surface area contributed by atoms with E-state index in [9.17, 15) is 9.59 Å². The second-order valence-corrected chi connectivity index (χ2v) is 5.27. The molecule has 3 aromatic rings. The van der Waals surface area contributed by atoms with E-state index in [1.54, 1.807) is 0 Å². The molecule has 3 rings (SSSR count). The van der Waals surface area contributed by atoms with Gasteiger partial charge in [-0.25, -0.2) is 9.59 Å². The number of para-hydroxylation sites is 1. The van der Waals surface area contributed by atoms with Crippen LogP contribution in [0.5, 0.6) is 0 Å². The molecule has 24 heavy (non-hydrogen) atoms. The van der Waals surface area contributed by atoms with Crippen LogP contribution in [0, 0.1) is 6.92 Å². The van der Waals surface area contributed by atoms with E-state index in [-0.39, 0.29) is 17.0 Å². The first-order valence-electron chi connectivity index (χ1n) is 7.22. The Balaban J connectivity index is 2.33. The van der Waals surface area contributed by atoms with Crippen molar-refractivity contribution in [3.8, 4) is 11.4 Å². The van der Waals surface area contributed by atoms with Crippen molar-refractivity contribution in [1.82, 2.24) is 9.72 Å². The molecular formula is C17H16N2O5. The van der Waals surface area contributed by atoms with E-state index in [4.69, 9.17) is 9.26 Å². The highest BCUT2D eigenvalue weighted by atomic mass is 16.6. The Morgan fingerprint density at radius 3 is 2.42 bits per heavy atom. The summed E-state index contributed by atoms with van der Waals surface area (Å²) in [4.78, 5) is 24.1. The molecule has 0 fully saturated rings. The summed E-state index contributed by atoms with van der Waals surface area (Å²) >= 11 is 0. The average molecular weight is 328 g/mol. The second kappa shape index (κ2) is 5.84. The molecular weight excluding hydrogens is 312 g/mol. The summed E-state index contributed by atoms with van der Waals surface area (Å²) in [6, 6.07) is 7.80. The fraction of sp³-hybridized carbons (Fsp3) is 0.235. The molecule has 0 atom stereocenters. The van der Waals surface area contributed by atoms with Gasteiger partial charge in [-0.15, -0.1) is 0 Å². The van der Waals surface area contributed by atoms with Crippen LogP contribution >= 0.6 is 0 Å². The Morgan fingerprint density at radius 1 is 1.12 bits per heavy atom. The summed E-state index contributed by atoms with van der Waals surface area (Å²) in [6.45, 7) is 1.92. The number of esters is 2. The van der Waals surface area contributed by atoms with Crippen molar-refractivity contribution >= 4 is 22.8 Å².